The molecule has 0 saturated heterocycles. The second-order valence-corrected chi connectivity index (χ2v) is 7.54. The van der Waals surface area contributed by atoms with E-state index in [4.69, 9.17) is 11.6 Å². The van der Waals surface area contributed by atoms with Crippen molar-refractivity contribution in [3.8, 4) is 0 Å². The van der Waals surface area contributed by atoms with Crippen LogP contribution in [0.1, 0.15) is 22.1 Å². The predicted octanol–water partition coefficient (Wildman–Crippen LogP) is 5.32. The van der Waals surface area contributed by atoms with E-state index in [1.54, 1.807) is 17.4 Å². The number of aryl methyl sites for hydroxylation is 1. The highest BCUT2D eigenvalue weighted by Gasteiger charge is 2.16. The number of hydrogen-bond donors (Lipinski definition) is 1. The van der Waals surface area contributed by atoms with E-state index in [1.165, 1.54) is 0 Å². The smallest absolute Gasteiger partial charge is 0.105 e. The Kier molecular flexibility index (Phi) is 4.31. The molecule has 0 amide bonds. The number of aliphatic hydroxyl groups excluding tert-OH is 1. The van der Waals surface area contributed by atoms with Gasteiger partial charge in [0, 0.05) is 9.35 Å². The third-order valence-electron chi connectivity index (χ3n) is 2.48. The van der Waals surface area contributed by atoms with E-state index in [-0.39, 0.29) is 0 Å². The van der Waals surface area contributed by atoms with E-state index in [0.29, 0.717) is 5.02 Å². The van der Waals surface area contributed by atoms with Gasteiger partial charge in [0.25, 0.3) is 0 Å². The van der Waals surface area contributed by atoms with Gasteiger partial charge in [-0.1, -0.05) is 17.7 Å². The first kappa shape index (κ1) is 13.6. The Morgan fingerprint density at radius 1 is 1.29 bits per heavy atom. The highest BCUT2D eigenvalue weighted by molar-refractivity contribution is 9.11. The van der Waals surface area contributed by atoms with Crippen LogP contribution < -0.4 is 0 Å². The minimum Gasteiger partial charge on any atom is -0.384 e. The maximum atomic E-state index is 10.3. The first-order chi connectivity index (χ1) is 7.99. The zero-order valence-electron chi connectivity index (χ0n) is 8.88. The number of aliphatic hydroxyl groups is 1. The normalized spacial score (nSPS) is 12.8. The Morgan fingerprint density at radius 2 is 2.00 bits per heavy atom. The molecule has 90 valence electrons. The van der Waals surface area contributed by atoms with Crippen LogP contribution in [0.25, 0.3) is 0 Å². The molecular formula is C12H9Br2ClOS. The van der Waals surface area contributed by atoms with Crippen molar-refractivity contribution in [1.82, 2.24) is 0 Å². The molecule has 0 bridgehead atoms. The standard InChI is InChI=1S/C12H9Br2ClOS/c1-6-8(5-11(14)17-6)12(16)7-2-3-9(13)10(15)4-7/h2-5,12,16H,1H3. The third kappa shape index (κ3) is 2.93. The molecule has 2 rings (SSSR count). The molecular weight excluding hydrogens is 387 g/mol. The highest BCUT2D eigenvalue weighted by atomic mass is 79.9. The molecule has 5 heteroatoms. The summed E-state index contributed by atoms with van der Waals surface area (Å²) in [6.45, 7) is 1.99. The van der Waals surface area contributed by atoms with Gasteiger partial charge in [-0.15, -0.1) is 11.3 Å². The van der Waals surface area contributed by atoms with Crippen molar-refractivity contribution in [2.24, 2.45) is 0 Å². The van der Waals surface area contributed by atoms with Crippen molar-refractivity contribution in [2.75, 3.05) is 0 Å². The lowest BCUT2D eigenvalue weighted by atomic mass is 10.0. The summed E-state index contributed by atoms with van der Waals surface area (Å²) in [5.74, 6) is 0. The lowest BCUT2D eigenvalue weighted by Crippen LogP contribution is -1.99. The van der Waals surface area contributed by atoms with E-state index >= 15 is 0 Å². The molecule has 0 aliphatic rings. The first-order valence-electron chi connectivity index (χ1n) is 4.88. The molecule has 0 radical (unpaired) electrons. The SMILES string of the molecule is Cc1sc(Br)cc1C(O)c1ccc(Br)c(Cl)c1. The van der Waals surface area contributed by atoms with Crippen LogP contribution in [0.2, 0.25) is 5.02 Å². The molecule has 2 aromatic rings. The Labute approximate surface area is 126 Å². The van der Waals surface area contributed by atoms with Gasteiger partial charge in [0.15, 0.2) is 0 Å². The fraction of sp³-hybridized carbons (Fsp3) is 0.167. The Balaban J connectivity index is 2.40. The molecule has 1 unspecified atom stereocenters. The molecule has 17 heavy (non-hydrogen) atoms. The molecule has 0 fully saturated rings. The quantitative estimate of drug-likeness (QED) is 0.729. The monoisotopic (exact) mass is 394 g/mol. The number of benzene rings is 1. The average Bonchev–Trinajstić information content (AvgIpc) is 2.61. The summed E-state index contributed by atoms with van der Waals surface area (Å²) in [5, 5.41) is 10.9. The molecule has 1 nitrogen and oxygen atoms in total. The number of thiophene rings is 1. The first-order valence-corrected chi connectivity index (χ1v) is 7.66. The van der Waals surface area contributed by atoms with Crippen LogP contribution in [0, 0.1) is 6.92 Å². The molecule has 0 aliphatic carbocycles. The number of hydrogen-bond acceptors (Lipinski definition) is 2. The van der Waals surface area contributed by atoms with Gasteiger partial charge >= 0.3 is 0 Å². The summed E-state index contributed by atoms with van der Waals surface area (Å²) in [6.07, 6.45) is -0.636. The minimum atomic E-state index is -0.636. The van der Waals surface area contributed by atoms with E-state index in [2.05, 4.69) is 31.9 Å². The second-order valence-electron chi connectivity index (χ2n) is 3.64. The number of halogens is 3. The van der Waals surface area contributed by atoms with Crippen LogP contribution in [0.5, 0.6) is 0 Å². The van der Waals surface area contributed by atoms with Gasteiger partial charge in [-0.3, -0.25) is 0 Å². The molecule has 1 aromatic carbocycles. The van der Waals surface area contributed by atoms with E-state index in [9.17, 15) is 5.11 Å². The molecule has 1 N–H and O–H groups in total. The van der Waals surface area contributed by atoms with E-state index in [1.807, 2.05) is 25.1 Å². The van der Waals surface area contributed by atoms with Gasteiger partial charge in [-0.25, -0.2) is 0 Å². The van der Waals surface area contributed by atoms with Crippen LogP contribution in [0.15, 0.2) is 32.5 Å². The summed E-state index contributed by atoms with van der Waals surface area (Å²) in [5.41, 5.74) is 1.71. The van der Waals surface area contributed by atoms with Crippen LogP contribution >= 0.6 is 54.8 Å². The second kappa shape index (κ2) is 5.41. The third-order valence-corrected chi connectivity index (χ3v) is 5.28. The maximum Gasteiger partial charge on any atom is 0.105 e. The molecule has 1 atom stereocenters. The van der Waals surface area contributed by atoms with Gasteiger partial charge in [0.05, 0.1) is 8.81 Å². The van der Waals surface area contributed by atoms with E-state index in [0.717, 1.165) is 24.3 Å². The largest absolute Gasteiger partial charge is 0.384 e. The van der Waals surface area contributed by atoms with Gasteiger partial charge in [-0.2, -0.15) is 0 Å². The van der Waals surface area contributed by atoms with Crippen LogP contribution in [0.4, 0.5) is 0 Å². The zero-order chi connectivity index (χ0) is 12.6. The van der Waals surface area contributed by atoms with Crippen molar-refractivity contribution in [2.45, 2.75) is 13.0 Å². The summed E-state index contributed by atoms with van der Waals surface area (Å²) >= 11 is 14.4. The van der Waals surface area contributed by atoms with Crippen LogP contribution in [0.3, 0.4) is 0 Å². The van der Waals surface area contributed by atoms with Crippen molar-refractivity contribution >= 4 is 54.8 Å². The number of rotatable bonds is 2. The van der Waals surface area contributed by atoms with Gasteiger partial charge in [0.2, 0.25) is 0 Å². The van der Waals surface area contributed by atoms with Gasteiger partial charge in [-0.05, 0) is 68.1 Å². The Bertz CT molecular complexity index is 553. The van der Waals surface area contributed by atoms with Gasteiger partial charge < -0.3 is 5.11 Å². The summed E-state index contributed by atoms with van der Waals surface area (Å²) < 4.78 is 1.85. The molecule has 0 spiro atoms. The molecule has 0 saturated carbocycles. The van der Waals surface area contributed by atoms with Crippen molar-refractivity contribution < 1.29 is 5.11 Å². The zero-order valence-corrected chi connectivity index (χ0v) is 13.6. The van der Waals surface area contributed by atoms with Crippen molar-refractivity contribution in [3.05, 3.63) is 53.6 Å². The fourth-order valence-corrected chi connectivity index (χ4v) is 3.77. The summed E-state index contributed by atoms with van der Waals surface area (Å²) in [6, 6.07) is 7.44. The van der Waals surface area contributed by atoms with Crippen molar-refractivity contribution in [3.63, 3.8) is 0 Å². The Morgan fingerprint density at radius 3 is 2.53 bits per heavy atom. The lowest BCUT2D eigenvalue weighted by Gasteiger charge is -2.11. The molecule has 0 aliphatic heterocycles. The van der Waals surface area contributed by atoms with Gasteiger partial charge in [0.1, 0.15) is 6.10 Å². The highest BCUT2D eigenvalue weighted by Crippen LogP contribution is 2.35. The maximum absolute atomic E-state index is 10.3. The van der Waals surface area contributed by atoms with Crippen LogP contribution in [-0.2, 0) is 0 Å². The van der Waals surface area contributed by atoms with Crippen LogP contribution in [-0.4, -0.2) is 5.11 Å². The topological polar surface area (TPSA) is 20.2 Å². The average molecular weight is 397 g/mol. The summed E-state index contributed by atoms with van der Waals surface area (Å²) in [4.78, 5) is 1.10. The van der Waals surface area contributed by atoms with E-state index < -0.39 is 6.10 Å². The minimum absolute atomic E-state index is 0.605. The lowest BCUT2D eigenvalue weighted by molar-refractivity contribution is 0.220. The molecule has 1 heterocycles. The molecule has 1 aromatic heterocycles. The van der Waals surface area contributed by atoms with Crippen molar-refractivity contribution in [1.29, 1.82) is 0 Å². The Hall–Kier alpha value is 0.130. The fourth-order valence-electron chi connectivity index (χ4n) is 1.59. The summed E-state index contributed by atoms with van der Waals surface area (Å²) in [7, 11) is 0. The predicted molar refractivity (Wildman–Crippen MR) is 80.0 cm³/mol.